The Hall–Kier alpha value is -1.94. The van der Waals surface area contributed by atoms with Gasteiger partial charge in [0.15, 0.2) is 0 Å². The van der Waals surface area contributed by atoms with Gasteiger partial charge in [-0.15, -0.1) is 11.3 Å². The van der Waals surface area contributed by atoms with Crippen molar-refractivity contribution in [3.8, 4) is 10.6 Å². The van der Waals surface area contributed by atoms with Crippen LogP contribution in [0.25, 0.3) is 22.7 Å². The molecular weight excluding hydrogens is 326 g/mol. The molecule has 0 N–H and O–H groups in total. The Morgan fingerprint density at radius 1 is 1.12 bits per heavy atom. The molecule has 2 aromatic rings. The molecule has 2 heterocycles. The van der Waals surface area contributed by atoms with Gasteiger partial charge in [-0.1, -0.05) is 38.0 Å². The Bertz CT molecular complexity index is 846. The molecule has 2 aromatic heterocycles. The molecule has 0 radical (unpaired) electrons. The number of aromatic nitrogens is 2. The number of fused-ring (bicyclic) bond motifs is 1. The molecular formula is C21H27N3S. The van der Waals surface area contributed by atoms with Crippen LogP contribution in [0.3, 0.4) is 0 Å². The fourth-order valence-corrected chi connectivity index (χ4v) is 3.91. The smallest absolute Gasteiger partial charge is 0.128 e. The van der Waals surface area contributed by atoms with Crippen molar-refractivity contribution in [3.05, 3.63) is 39.9 Å². The Balaban J connectivity index is 1.84. The summed E-state index contributed by atoms with van der Waals surface area (Å²) in [6, 6.07) is 4.31. The van der Waals surface area contributed by atoms with Crippen molar-refractivity contribution < 1.29 is 0 Å². The molecule has 4 heteroatoms. The van der Waals surface area contributed by atoms with E-state index in [0.29, 0.717) is 0 Å². The number of anilines is 1. The minimum atomic E-state index is 1.01. The van der Waals surface area contributed by atoms with Crippen LogP contribution in [0, 0.1) is 0 Å². The highest BCUT2D eigenvalue weighted by atomic mass is 32.1. The monoisotopic (exact) mass is 353 g/mol. The number of nitrogens with zero attached hydrogens (tertiary/aromatic N) is 3. The van der Waals surface area contributed by atoms with Crippen LogP contribution in [-0.4, -0.2) is 23.1 Å². The molecule has 0 fully saturated rings. The Kier molecular flexibility index (Phi) is 6.03. The minimum absolute atomic E-state index is 1.01. The van der Waals surface area contributed by atoms with Gasteiger partial charge in [0.2, 0.25) is 0 Å². The van der Waals surface area contributed by atoms with E-state index < -0.39 is 0 Å². The van der Waals surface area contributed by atoms with Crippen LogP contribution in [0.5, 0.6) is 0 Å². The topological polar surface area (TPSA) is 29.0 Å². The van der Waals surface area contributed by atoms with Crippen molar-refractivity contribution in [2.24, 2.45) is 0 Å². The lowest BCUT2D eigenvalue weighted by Crippen LogP contribution is -2.26. The average Bonchev–Trinajstić information content (AvgIpc) is 2.97. The van der Waals surface area contributed by atoms with Gasteiger partial charge in [-0.25, -0.2) is 9.97 Å². The number of allylic oxidation sites excluding steroid dienone is 2. The van der Waals surface area contributed by atoms with E-state index in [1.54, 1.807) is 11.3 Å². The molecule has 0 spiro atoms. The summed E-state index contributed by atoms with van der Waals surface area (Å²) in [5.41, 5.74) is 2.48. The highest BCUT2D eigenvalue weighted by Crippen LogP contribution is 2.21. The third kappa shape index (κ3) is 4.37. The van der Waals surface area contributed by atoms with Crippen LogP contribution in [0.15, 0.2) is 30.0 Å². The molecule has 0 aliphatic heterocycles. The van der Waals surface area contributed by atoms with E-state index in [1.807, 2.05) is 6.20 Å². The molecule has 0 saturated carbocycles. The van der Waals surface area contributed by atoms with E-state index in [-0.39, 0.29) is 0 Å². The summed E-state index contributed by atoms with van der Waals surface area (Å²) in [6.07, 6.45) is 13.1. The van der Waals surface area contributed by atoms with Crippen molar-refractivity contribution in [1.82, 2.24) is 9.97 Å². The summed E-state index contributed by atoms with van der Waals surface area (Å²) in [6.45, 7) is 8.76. The zero-order valence-electron chi connectivity index (χ0n) is 15.5. The summed E-state index contributed by atoms with van der Waals surface area (Å²) < 4.78 is 1.27. The first-order chi connectivity index (χ1) is 12.2. The zero-order chi connectivity index (χ0) is 17.6. The third-order valence-electron chi connectivity index (χ3n) is 4.41. The van der Waals surface area contributed by atoms with Crippen molar-refractivity contribution in [2.75, 3.05) is 18.0 Å². The van der Waals surface area contributed by atoms with E-state index in [1.165, 1.54) is 22.9 Å². The second-order valence-corrected chi connectivity index (χ2v) is 7.63. The van der Waals surface area contributed by atoms with Gasteiger partial charge in [-0.3, -0.25) is 0 Å². The van der Waals surface area contributed by atoms with Gasteiger partial charge in [-0.05, 0) is 44.4 Å². The molecule has 0 bridgehead atoms. The summed E-state index contributed by atoms with van der Waals surface area (Å²) in [4.78, 5) is 11.9. The SMILES string of the molecule is CCCCN(CCC)c1ccc(-c2nc3c(s2)=CCC(C)=CC=3)cn1. The van der Waals surface area contributed by atoms with Crippen molar-refractivity contribution >= 4 is 29.3 Å². The molecule has 132 valence electrons. The van der Waals surface area contributed by atoms with Crippen molar-refractivity contribution in [1.29, 1.82) is 0 Å². The minimum Gasteiger partial charge on any atom is -0.357 e. The standard InChI is InChI=1S/C21H27N3S/c1-4-6-14-24(13-5-2)20-12-9-17(15-22-20)21-23-18-10-7-16(3)8-11-19(18)25-21/h7,9-12,15H,4-6,8,13-14H2,1-3H3. The van der Waals surface area contributed by atoms with Crippen LogP contribution in [0.2, 0.25) is 0 Å². The summed E-state index contributed by atoms with van der Waals surface area (Å²) in [5.74, 6) is 1.08. The lowest BCUT2D eigenvalue weighted by Gasteiger charge is -2.23. The quantitative estimate of drug-likeness (QED) is 0.749. The number of hydrogen-bond acceptors (Lipinski definition) is 4. The number of pyridine rings is 1. The normalized spacial score (nSPS) is 13.3. The highest BCUT2D eigenvalue weighted by Gasteiger charge is 2.09. The average molecular weight is 354 g/mol. The number of hydrogen-bond donors (Lipinski definition) is 0. The van der Waals surface area contributed by atoms with Crippen LogP contribution < -0.4 is 14.8 Å². The lowest BCUT2D eigenvalue weighted by molar-refractivity contribution is 0.696. The first-order valence-corrected chi connectivity index (χ1v) is 10.1. The molecule has 0 amide bonds. The van der Waals surface area contributed by atoms with Crippen LogP contribution >= 0.6 is 11.3 Å². The molecule has 0 unspecified atom stereocenters. The van der Waals surface area contributed by atoms with Crippen molar-refractivity contribution in [2.45, 2.75) is 46.5 Å². The molecule has 0 aromatic carbocycles. The Morgan fingerprint density at radius 3 is 2.72 bits per heavy atom. The van der Waals surface area contributed by atoms with Gasteiger partial charge in [0.25, 0.3) is 0 Å². The fraction of sp³-hybridized carbons (Fsp3) is 0.429. The molecule has 25 heavy (non-hydrogen) atoms. The summed E-state index contributed by atoms with van der Waals surface area (Å²) in [7, 11) is 0. The van der Waals surface area contributed by atoms with E-state index in [2.05, 4.69) is 56.0 Å². The Morgan fingerprint density at radius 2 is 2.00 bits per heavy atom. The summed E-state index contributed by atoms with van der Waals surface area (Å²) >= 11 is 1.76. The van der Waals surface area contributed by atoms with Crippen LogP contribution in [0.1, 0.15) is 46.5 Å². The molecule has 0 atom stereocenters. The van der Waals surface area contributed by atoms with Gasteiger partial charge in [0.05, 0.1) is 9.88 Å². The van der Waals surface area contributed by atoms with Crippen LogP contribution in [-0.2, 0) is 0 Å². The van der Waals surface area contributed by atoms with Gasteiger partial charge >= 0.3 is 0 Å². The third-order valence-corrected chi connectivity index (χ3v) is 5.53. The number of thiazole rings is 1. The summed E-state index contributed by atoms with van der Waals surface area (Å²) in [5, 5.41) is 2.14. The largest absolute Gasteiger partial charge is 0.357 e. The number of unbranched alkanes of at least 4 members (excludes halogenated alkanes) is 1. The molecule has 0 saturated heterocycles. The molecule has 3 rings (SSSR count). The van der Waals surface area contributed by atoms with E-state index in [0.717, 1.165) is 47.7 Å². The van der Waals surface area contributed by atoms with Crippen molar-refractivity contribution in [3.63, 3.8) is 0 Å². The molecule has 1 aliphatic rings. The second-order valence-electron chi connectivity index (χ2n) is 6.60. The highest BCUT2D eigenvalue weighted by molar-refractivity contribution is 7.13. The van der Waals surface area contributed by atoms with E-state index in [9.17, 15) is 0 Å². The Labute approximate surface area is 154 Å². The van der Waals surface area contributed by atoms with Crippen LogP contribution in [0.4, 0.5) is 5.82 Å². The zero-order valence-corrected chi connectivity index (χ0v) is 16.3. The van der Waals surface area contributed by atoms with Gasteiger partial charge in [0.1, 0.15) is 10.8 Å². The molecule has 1 aliphatic carbocycles. The maximum atomic E-state index is 4.81. The fourth-order valence-electron chi connectivity index (χ4n) is 2.94. The lowest BCUT2D eigenvalue weighted by atomic mass is 10.2. The van der Waals surface area contributed by atoms with Gasteiger partial charge in [0, 0.05) is 24.8 Å². The molecule has 3 nitrogen and oxygen atoms in total. The maximum absolute atomic E-state index is 4.81. The predicted octanol–water partition coefficient (Wildman–Crippen LogP) is 4.13. The number of rotatable bonds is 7. The van der Waals surface area contributed by atoms with Gasteiger partial charge in [-0.2, -0.15) is 0 Å². The van der Waals surface area contributed by atoms with Gasteiger partial charge < -0.3 is 4.90 Å². The second kappa shape index (κ2) is 8.43. The first-order valence-electron chi connectivity index (χ1n) is 9.27. The van der Waals surface area contributed by atoms with E-state index >= 15 is 0 Å². The van der Waals surface area contributed by atoms with E-state index in [4.69, 9.17) is 9.97 Å². The predicted molar refractivity (Wildman–Crippen MR) is 109 cm³/mol. The first kappa shape index (κ1) is 17.9. The maximum Gasteiger partial charge on any atom is 0.128 e.